The van der Waals surface area contributed by atoms with Gasteiger partial charge in [-0.1, -0.05) is 182 Å². The third-order valence-corrected chi connectivity index (χ3v) is 11.0. The van der Waals surface area contributed by atoms with Gasteiger partial charge in [-0.15, -0.1) is 0 Å². The molecule has 10 rings (SSSR count). The van der Waals surface area contributed by atoms with E-state index >= 15 is 0 Å². The highest BCUT2D eigenvalue weighted by Gasteiger charge is 2.34. The summed E-state index contributed by atoms with van der Waals surface area (Å²) in [6, 6.07) is 67.6. The van der Waals surface area contributed by atoms with E-state index < -0.39 is 0 Å². The molecule has 2 aliphatic carbocycles. The van der Waals surface area contributed by atoms with E-state index in [1.165, 1.54) is 88.7 Å². The molecule has 0 N–H and O–H groups in total. The van der Waals surface area contributed by atoms with Crippen molar-refractivity contribution in [3.63, 3.8) is 0 Å². The van der Waals surface area contributed by atoms with E-state index in [9.17, 15) is 0 Å². The summed E-state index contributed by atoms with van der Waals surface area (Å²) in [5, 5.41) is 2.67. The maximum Gasteiger partial charge on any atom is 0.0164 e. The molecule has 49 heavy (non-hydrogen) atoms. The Morgan fingerprint density at radius 3 is 1.55 bits per heavy atom. The summed E-state index contributed by atoms with van der Waals surface area (Å²) < 4.78 is 0. The molecule has 2 unspecified atom stereocenters. The Morgan fingerprint density at radius 1 is 0.347 bits per heavy atom. The van der Waals surface area contributed by atoms with Crippen molar-refractivity contribution in [3.8, 4) is 55.6 Å². The Labute approximate surface area is 288 Å². The summed E-state index contributed by atoms with van der Waals surface area (Å²) in [7, 11) is 0. The molecule has 2 aliphatic rings. The fourth-order valence-corrected chi connectivity index (χ4v) is 8.84. The second kappa shape index (κ2) is 11.3. The SMILES string of the molecule is c1ccc(-c2ccc(-c3ccccc3)c3c2-c2cccc4c(-c5ccc(C6Cc7ccccc7C6c6ccccc6)cc5)ccc-3c24)cc1. The van der Waals surface area contributed by atoms with E-state index in [0.29, 0.717) is 11.8 Å². The molecular formula is C49H34. The maximum absolute atomic E-state index is 2.39. The highest BCUT2D eigenvalue weighted by molar-refractivity contribution is 6.23. The van der Waals surface area contributed by atoms with Crippen LogP contribution in [0.25, 0.3) is 66.4 Å². The Morgan fingerprint density at radius 2 is 0.878 bits per heavy atom. The van der Waals surface area contributed by atoms with Crippen LogP contribution < -0.4 is 0 Å². The standard InChI is InChI=1S/C49H34/c1-4-13-32(14-5-1)40-28-29-41(33-15-6-2-7-16-33)49-44-30-27-38(42-21-12-22-43(47(42)44)48(40)49)34-23-25-35(26-24-34)45-31-37-19-10-11-20-39(37)46(45)36-17-8-3-9-18-36/h1-30,45-46H,31H2. The van der Waals surface area contributed by atoms with Crippen molar-refractivity contribution < 1.29 is 0 Å². The zero-order valence-electron chi connectivity index (χ0n) is 27.2. The van der Waals surface area contributed by atoms with Crippen LogP contribution in [0.2, 0.25) is 0 Å². The lowest BCUT2D eigenvalue weighted by Crippen LogP contribution is -2.08. The first-order valence-corrected chi connectivity index (χ1v) is 17.4. The Bertz CT molecular complexity index is 2420. The van der Waals surface area contributed by atoms with Crippen LogP contribution in [-0.4, -0.2) is 0 Å². The number of benzene rings is 8. The van der Waals surface area contributed by atoms with Crippen LogP contribution in [0.1, 0.15) is 34.1 Å². The maximum atomic E-state index is 2.39. The average Bonchev–Trinajstić information content (AvgIpc) is 3.74. The van der Waals surface area contributed by atoms with Crippen molar-refractivity contribution in [1.29, 1.82) is 0 Å². The van der Waals surface area contributed by atoms with E-state index in [0.717, 1.165) is 6.42 Å². The van der Waals surface area contributed by atoms with Gasteiger partial charge in [0.25, 0.3) is 0 Å². The molecule has 0 amide bonds. The minimum Gasteiger partial charge on any atom is -0.0622 e. The van der Waals surface area contributed by atoms with Crippen molar-refractivity contribution in [2.45, 2.75) is 18.3 Å². The molecule has 0 fully saturated rings. The second-order valence-electron chi connectivity index (χ2n) is 13.6. The van der Waals surface area contributed by atoms with Gasteiger partial charge in [-0.25, -0.2) is 0 Å². The fourth-order valence-electron chi connectivity index (χ4n) is 8.84. The molecule has 0 saturated heterocycles. The van der Waals surface area contributed by atoms with Gasteiger partial charge in [0, 0.05) is 5.92 Å². The molecule has 0 spiro atoms. The zero-order chi connectivity index (χ0) is 32.3. The first kappa shape index (κ1) is 28.1. The first-order chi connectivity index (χ1) is 24.3. The van der Waals surface area contributed by atoms with E-state index in [4.69, 9.17) is 0 Å². The molecule has 0 bridgehead atoms. The Kier molecular flexibility index (Phi) is 6.49. The number of hydrogen-bond donors (Lipinski definition) is 0. The summed E-state index contributed by atoms with van der Waals surface area (Å²) in [5.74, 6) is 0.792. The van der Waals surface area contributed by atoms with Crippen LogP contribution >= 0.6 is 0 Å². The molecule has 230 valence electrons. The lowest BCUT2D eigenvalue weighted by atomic mass is 9.81. The largest absolute Gasteiger partial charge is 0.0622 e. The molecule has 0 saturated carbocycles. The molecule has 0 aliphatic heterocycles. The van der Waals surface area contributed by atoms with Crippen LogP contribution in [0, 0.1) is 0 Å². The van der Waals surface area contributed by atoms with E-state index in [-0.39, 0.29) is 0 Å². The molecular weight excluding hydrogens is 589 g/mol. The lowest BCUT2D eigenvalue weighted by Gasteiger charge is -2.22. The van der Waals surface area contributed by atoms with E-state index in [2.05, 4.69) is 182 Å². The minimum atomic E-state index is 0.371. The Hall–Kier alpha value is -5.98. The molecule has 0 aromatic heterocycles. The predicted molar refractivity (Wildman–Crippen MR) is 206 cm³/mol. The van der Waals surface area contributed by atoms with Gasteiger partial charge in [0.1, 0.15) is 0 Å². The van der Waals surface area contributed by atoms with E-state index in [1.54, 1.807) is 0 Å². The van der Waals surface area contributed by atoms with E-state index in [1.807, 2.05) is 0 Å². The quantitative estimate of drug-likeness (QED) is 0.179. The summed E-state index contributed by atoms with van der Waals surface area (Å²) in [6.07, 6.45) is 1.07. The Balaban J connectivity index is 1.10. The van der Waals surface area contributed by atoms with Crippen molar-refractivity contribution in [2.75, 3.05) is 0 Å². The van der Waals surface area contributed by atoms with Crippen molar-refractivity contribution >= 4 is 10.8 Å². The predicted octanol–water partition coefficient (Wildman–Crippen LogP) is 13.0. The van der Waals surface area contributed by atoms with Gasteiger partial charge >= 0.3 is 0 Å². The van der Waals surface area contributed by atoms with Crippen molar-refractivity contribution in [1.82, 2.24) is 0 Å². The number of rotatable bonds is 5. The fraction of sp³-hybridized carbons (Fsp3) is 0.0612. The summed E-state index contributed by atoms with van der Waals surface area (Å²) >= 11 is 0. The minimum absolute atomic E-state index is 0.371. The van der Waals surface area contributed by atoms with Gasteiger partial charge in [-0.3, -0.25) is 0 Å². The van der Waals surface area contributed by atoms with Crippen molar-refractivity contribution in [3.05, 3.63) is 204 Å². The number of fused-ring (bicyclic) bond motifs is 4. The highest BCUT2D eigenvalue weighted by atomic mass is 14.4. The lowest BCUT2D eigenvalue weighted by molar-refractivity contribution is 0.657. The molecule has 0 heteroatoms. The topological polar surface area (TPSA) is 0 Å². The summed E-state index contributed by atoms with van der Waals surface area (Å²) in [5.41, 5.74) is 18.7. The van der Waals surface area contributed by atoms with Crippen molar-refractivity contribution in [2.24, 2.45) is 0 Å². The molecule has 0 heterocycles. The van der Waals surface area contributed by atoms with Gasteiger partial charge in [0.2, 0.25) is 0 Å². The van der Waals surface area contributed by atoms with Crippen LogP contribution in [0.15, 0.2) is 182 Å². The normalized spacial score (nSPS) is 15.7. The monoisotopic (exact) mass is 622 g/mol. The van der Waals surface area contributed by atoms with Gasteiger partial charge in [-0.05, 0) is 101 Å². The number of hydrogen-bond acceptors (Lipinski definition) is 0. The van der Waals surface area contributed by atoms with Gasteiger partial charge < -0.3 is 0 Å². The third kappa shape index (κ3) is 4.45. The third-order valence-electron chi connectivity index (χ3n) is 11.0. The average molecular weight is 623 g/mol. The summed E-state index contributed by atoms with van der Waals surface area (Å²) in [4.78, 5) is 0. The first-order valence-electron chi connectivity index (χ1n) is 17.4. The van der Waals surface area contributed by atoms with Gasteiger partial charge in [-0.2, -0.15) is 0 Å². The van der Waals surface area contributed by atoms with Crippen LogP contribution in [0.5, 0.6) is 0 Å². The van der Waals surface area contributed by atoms with Gasteiger partial charge in [0.15, 0.2) is 0 Å². The molecule has 8 aromatic rings. The highest BCUT2D eigenvalue weighted by Crippen LogP contribution is 2.56. The summed E-state index contributed by atoms with van der Waals surface area (Å²) in [6.45, 7) is 0. The smallest absolute Gasteiger partial charge is 0.0164 e. The second-order valence-corrected chi connectivity index (χ2v) is 13.6. The molecule has 0 radical (unpaired) electrons. The van der Waals surface area contributed by atoms with Crippen LogP contribution in [0.3, 0.4) is 0 Å². The van der Waals surface area contributed by atoms with Crippen LogP contribution in [-0.2, 0) is 6.42 Å². The molecule has 2 atom stereocenters. The van der Waals surface area contributed by atoms with Crippen LogP contribution in [0.4, 0.5) is 0 Å². The van der Waals surface area contributed by atoms with Gasteiger partial charge in [0.05, 0.1) is 0 Å². The molecule has 0 nitrogen and oxygen atoms in total. The molecule has 8 aromatic carbocycles. The zero-order valence-corrected chi connectivity index (χ0v) is 27.2.